The Hall–Kier alpha value is -1.59. The van der Waals surface area contributed by atoms with Gasteiger partial charge in [0.15, 0.2) is 0 Å². The van der Waals surface area contributed by atoms with Crippen LogP contribution in [-0.4, -0.2) is 32.5 Å². The molecule has 1 aromatic rings. The maximum atomic E-state index is 11.9. The van der Waals surface area contributed by atoms with Crippen molar-refractivity contribution in [1.82, 2.24) is 20.1 Å². The van der Waals surface area contributed by atoms with Gasteiger partial charge in [-0.1, -0.05) is 6.42 Å². The first-order chi connectivity index (χ1) is 9.76. The van der Waals surface area contributed by atoms with Gasteiger partial charge in [-0.25, -0.2) is 4.79 Å². The third kappa shape index (κ3) is 4.19. The number of aryl methyl sites for hydroxylation is 1. The number of carbonyl (C=O) groups is 1. The fourth-order valence-corrected chi connectivity index (χ4v) is 2.81. The summed E-state index contributed by atoms with van der Waals surface area (Å²) < 4.78 is 7.37. The Kier molecular flexibility index (Phi) is 4.54. The van der Waals surface area contributed by atoms with Gasteiger partial charge in [0.25, 0.3) is 0 Å². The molecule has 2 rings (SSSR count). The van der Waals surface area contributed by atoms with Gasteiger partial charge in [-0.05, 0) is 47.0 Å². The van der Waals surface area contributed by atoms with Crippen molar-refractivity contribution in [3.63, 3.8) is 0 Å². The zero-order valence-corrected chi connectivity index (χ0v) is 13.6. The second-order valence-electron chi connectivity index (χ2n) is 6.87. The van der Waals surface area contributed by atoms with Crippen LogP contribution in [0.3, 0.4) is 0 Å². The number of nitrogens with zero attached hydrogens (tertiary/aromatic N) is 3. The van der Waals surface area contributed by atoms with E-state index in [9.17, 15) is 4.79 Å². The second kappa shape index (κ2) is 6.03. The van der Waals surface area contributed by atoms with Gasteiger partial charge in [0.1, 0.15) is 17.2 Å². The minimum absolute atomic E-state index is 0.149. The monoisotopic (exact) mass is 294 g/mol. The minimum Gasteiger partial charge on any atom is -0.444 e. The zero-order chi connectivity index (χ0) is 15.6. The van der Waals surface area contributed by atoms with Gasteiger partial charge >= 0.3 is 6.09 Å². The predicted molar refractivity (Wildman–Crippen MR) is 80.1 cm³/mol. The summed E-state index contributed by atoms with van der Waals surface area (Å²) in [4.78, 5) is 11.9. The topological polar surface area (TPSA) is 69.0 Å². The summed E-state index contributed by atoms with van der Waals surface area (Å²) in [6, 6.07) is 0.149. The lowest BCUT2D eigenvalue weighted by atomic mass is 9.85. The van der Waals surface area contributed by atoms with E-state index in [1.165, 1.54) is 0 Å². The van der Waals surface area contributed by atoms with Gasteiger partial charge in [-0.3, -0.25) is 0 Å². The molecular weight excluding hydrogens is 268 g/mol. The number of rotatable bonds is 2. The summed E-state index contributed by atoms with van der Waals surface area (Å²) in [5.41, 5.74) is -0.459. The standard InChI is InChI=1S/C15H26N4O2/c1-10-17-18-13(19(10)5)11-7-6-8-12(9-11)16-14(20)21-15(2,3)4/h11-12H,6-9H2,1-5H3,(H,16,20)/t11-,12+/m0/s1. The van der Waals surface area contributed by atoms with Crippen LogP contribution >= 0.6 is 0 Å². The fraction of sp³-hybridized carbons (Fsp3) is 0.800. The Morgan fingerprint density at radius 3 is 2.62 bits per heavy atom. The lowest BCUT2D eigenvalue weighted by molar-refractivity contribution is 0.0490. The zero-order valence-electron chi connectivity index (χ0n) is 13.6. The minimum atomic E-state index is -0.459. The summed E-state index contributed by atoms with van der Waals surface area (Å²) in [5.74, 6) is 2.29. The molecule has 1 N–H and O–H groups in total. The summed E-state index contributed by atoms with van der Waals surface area (Å²) in [7, 11) is 2.00. The van der Waals surface area contributed by atoms with Crippen LogP contribution in [0.2, 0.25) is 0 Å². The first-order valence-corrected chi connectivity index (χ1v) is 7.61. The van der Waals surface area contributed by atoms with Crippen LogP contribution in [0.1, 0.15) is 64.0 Å². The van der Waals surface area contributed by atoms with Crippen LogP contribution in [0, 0.1) is 6.92 Å². The Labute approximate surface area is 126 Å². The predicted octanol–water partition coefficient (Wildman–Crippen LogP) is 2.67. The molecule has 21 heavy (non-hydrogen) atoms. The molecular formula is C15H26N4O2. The van der Waals surface area contributed by atoms with Crippen molar-refractivity contribution >= 4 is 6.09 Å². The van der Waals surface area contributed by atoms with Crippen molar-refractivity contribution in [2.75, 3.05) is 0 Å². The molecule has 1 heterocycles. The molecule has 0 bridgehead atoms. The molecule has 1 aromatic heterocycles. The van der Waals surface area contributed by atoms with Gasteiger partial charge in [-0.2, -0.15) is 0 Å². The average Bonchev–Trinajstić information content (AvgIpc) is 2.68. The van der Waals surface area contributed by atoms with Crippen molar-refractivity contribution in [3.8, 4) is 0 Å². The molecule has 6 nitrogen and oxygen atoms in total. The van der Waals surface area contributed by atoms with Gasteiger partial charge in [0.05, 0.1) is 0 Å². The van der Waals surface area contributed by atoms with E-state index in [4.69, 9.17) is 4.74 Å². The lowest BCUT2D eigenvalue weighted by Gasteiger charge is -2.30. The number of ether oxygens (including phenoxy) is 1. The van der Waals surface area contributed by atoms with Gasteiger partial charge in [0.2, 0.25) is 0 Å². The molecule has 0 radical (unpaired) electrons. The summed E-state index contributed by atoms with van der Waals surface area (Å²) in [6.07, 6.45) is 3.73. The molecule has 0 saturated heterocycles. The van der Waals surface area contributed by atoms with E-state index in [2.05, 4.69) is 15.5 Å². The van der Waals surface area contributed by atoms with E-state index in [1.807, 2.05) is 39.3 Å². The van der Waals surface area contributed by atoms with Crippen molar-refractivity contribution in [2.24, 2.45) is 7.05 Å². The first kappa shape index (κ1) is 15.8. The Balaban J connectivity index is 1.95. The molecule has 2 atom stereocenters. The smallest absolute Gasteiger partial charge is 0.407 e. The number of carbonyl (C=O) groups excluding carboxylic acids is 1. The average molecular weight is 294 g/mol. The maximum absolute atomic E-state index is 11.9. The highest BCUT2D eigenvalue weighted by atomic mass is 16.6. The van der Waals surface area contributed by atoms with E-state index >= 15 is 0 Å². The second-order valence-corrected chi connectivity index (χ2v) is 6.87. The van der Waals surface area contributed by atoms with E-state index in [0.717, 1.165) is 37.3 Å². The van der Waals surface area contributed by atoms with E-state index < -0.39 is 5.60 Å². The Morgan fingerprint density at radius 1 is 1.33 bits per heavy atom. The van der Waals surface area contributed by atoms with Crippen LogP contribution in [0.15, 0.2) is 0 Å². The highest BCUT2D eigenvalue weighted by Crippen LogP contribution is 2.32. The van der Waals surface area contributed by atoms with E-state index in [1.54, 1.807) is 0 Å². The summed E-state index contributed by atoms with van der Waals surface area (Å²) in [6.45, 7) is 7.57. The number of aromatic nitrogens is 3. The molecule has 1 saturated carbocycles. The number of hydrogen-bond donors (Lipinski definition) is 1. The van der Waals surface area contributed by atoms with Crippen molar-refractivity contribution < 1.29 is 9.53 Å². The lowest BCUT2D eigenvalue weighted by Crippen LogP contribution is -2.41. The van der Waals surface area contributed by atoms with E-state index in [-0.39, 0.29) is 12.1 Å². The number of nitrogens with one attached hydrogen (secondary N) is 1. The third-order valence-electron chi connectivity index (χ3n) is 3.89. The van der Waals surface area contributed by atoms with Gasteiger partial charge in [0, 0.05) is 19.0 Å². The van der Waals surface area contributed by atoms with Crippen molar-refractivity contribution in [1.29, 1.82) is 0 Å². The molecule has 0 unspecified atom stereocenters. The highest BCUT2D eigenvalue weighted by Gasteiger charge is 2.28. The quantitative estimate of drug-likeness (QED) is 0.910. The molecule has 0 aliphatic heterocycles. The molecule has 6 heteroatoms. The van der Waals surface area contributed by atoms with Crippen LogP contribution in [-0.2, 0) is 11.8 Å². The number of alkyl carbamates (subject to hydrolysis) is 1. The van der Waals surface area contributed by atoms with Crippen LogP contribution in [0.5, 0.6) is 0 Å². The largest absolute Gasteiger partial charge is 0.444 e. The number of hydrogen-bond acceptors (Lipinski definition) is 4. The maximum Gasteiger partial charge on any atom is 0.407 e. The van der Waals surface area contributed by atoms with E-state index in [0.29, 0.717) is 5.92 Å². The van der Waals surface area contributed by atoms with Crippen molar-refractivity contribution in [2.45, 2.75) is 70.9 Å². The molecule has 1 aliphatic rings. The number of amides is 1. The van der Waals surface area contributed by atoms with Crippen LogP contribution in [0.4, 0.5) is 4.79 Å². The van der Waals surface area contributed by atoms with Crippen LogP contribution in [0.25, 0.3) is 0 Å². The SMILES string of the molecule is Cc1nnc([C@H]2CCC[C@@H](NC(=O)OC(C)(C)C)C2)n1C. The molecule has 1 aliphatic carbocycles. The van der Waals surface area contributed by atoms with Crippen molar-refractivity contribution in [3.05, 3.63) is 11.6 Å². The van der Waals surface area contributed by atoms with Crippen LogP contribution < -0.4 is 5.32 Å². The van der Waals surface area contributed by atoms with Gasteiger partial charge < -0.3 is 14.6 Å². The molecule has 1 fully saturated rings. The third-order valence-corrected chi connectivity index (χ3v) is 3.89. The summed E-state index contributed by atoms with van der Waals surface area (Å²) in [5, 5.41) is 11.4. The summed E-state index contributed by atoms with van der Waals surface area (Å²) >= 11 is 0. The molecule has 0 spiro atoms. The van der Waals surface area contributed by atoms with Gasteiger partial charge in [-0.15, -0.1) is 10.2 Å². The molecule has 0 aromatic carbocycles. The normalized spacial score (nSPS) is 22.9. The Morgan fingerprint density at radius 2 is 2.05 bits per heavy atom. The fourth-order valence-electron chi connectivity index (χ4n) is 2.81. The first-order valence-electron chi connectivity index (χ1n) is 7.61. The molecule has 1 amide bonds. The molecule has 118 valence electrons. The highest BCUT2D eigenvalue weighted by molar-refractivity contribution is 5.68. The Bertz CT molecular complexity index is 504.